The summed E-state index contributed by atoms with van der Waals surface area (Å²) in [6.45, 7) is 0.947. The highest BCUT2D eigenvalue weighted by Gasteiger charge is 2.20. The van der Waals surface area contributed by atoms with Gasteiger partial charge in [0, 0.05) is 24.6 Å². The van der Waals surface area contributed by atoms with E-state index >= 15 is 0 Å². The monoisotopic (exact) mass is 278 g/mol. The van der Waals surface area contributed by atoms with E-state index in [0.717, 1.165) is 36.2 Å². The summed E-state index contributed by atoms with van der Waals surface area (Å²) in [5.41, 5.74) is 1.09. The molecular formula is C18H18N2O. The third kappa shape index (κ3) is 2.83. The normalized spacial score (nSPS) is 14.7. The number of hydrogen-bond donors (Lipinski definition) is 1. The van der Waals surface area contributed by atoms with Gasteiger partial charge in [0.05, 0.1) is 6.20 Å². The molecule has 3 heteroatoms. The van der Waals surface area contributed by atoms with Gasteiger partial charge in [-0.25, -0.2) is 4.98 Å². The lowest BCUT2D eigenvalue weighted by molar-refractivity contribution is 0.494. The topological polar surface area (TPSA) is 38.1 Å². The molecule has 1 aromatic heterocycles. The van der Waals surface area contributed by atoms with Crippen molar-refractivity contribution < 1.29 is 4.42 Å². The van der Waals surface area contributed by atoms with Crippen LogP contribution >= 0.6 is 0 Å². The number of rotatable bonds is 5. The van der Waals surface area contributed by atoms with Crippen LogP contribution in [0.5, 0.6) is 0 Å². The number of benzene rings is 2. The molecule has 1 heterocycles. The number of fused-ring (bicyclic) bond motifs is 1. The molecule has 1 aliphatic carbocycles. The van der Waals surface area contributed by atoms with Crippen LogP contribution < -0.4 is 5.32 Å². The van der Waals surface area contributed by atoms with E-state index in [2.05, 4.69) is 52.8 Å². The second-order valence-electron chi connectivity index (χ2n) is 5.66. The fourth-order valence-electron chi connectivity index (χ4n) is 2.57. The average Bonchev–Trinajstić information content (AvgIpc) is 3.23. The molecule has 21 heavy (non-hydrogen) atoms. The van der Waals surface area contributed by atoms with E-state index in [-0.39, 0.29) is 0 Å². The Labute approximate surface area is 124 Å². The summed E-state index contributed by atoms with van der Waals surface area (Å²) in [6.07, 6.45) is 5.31. The first-order chi connectivity index (χ1) is 10.4. The fraction of sp³-hybridized carbons (Fsp3) is 0.278. The summed E-state index contributed by atoms with van der Waals surface area (Å²) < 4.78 is 5.87. The van der Waals surface area contributed by atoms with E-state index in [1.807, 2.05) is 6.20 Å². The molecule has 1 saturated carbocycles. The van der Waals surface area contributed by atoms with Crippen LogP contribution in [0, 0.1) is 0 Å². The third-order valence-corrected chi connectivity index (χ3v) is 3.94. The minimum absolute atomic E-state index is 0.736. The third-order valence-electron chi connectivity index (χ3n) is 3.94. The van der Waals surface area contributed by atoms with Gasteiger partial charge >= 0.3 is 0 Å². The highest BCUT2D eigenvalue weighted by molar-refractivity contribution is 5.86. The summed E-state index contributed by atoms with van der Waals surface area (Å²) in [6, 6.07) is 15.5. The molecule has 0 unspecified atom stereocenters. The van der Waals surface area contributed by atoms with Crippen LogP contribution in [0.25, 0.3) is 22.1 Å². The Morgan fingerprint density at radius 1 is 1.10 bits per heavy atom. The molecular weight excluding hydrogens is 260 g/mol. The van der Waals surface area contributed by atoms with E-state index in [1.54, 1.807) is 0 Å². The van der Waals surface area contributed by atoms with Crippen molar-refractivity contribution in [3.63, 3.8) is 0 Å². The van der Waals surface area contributed by atoms with Crippen LogP contribution in [0.3, 0.4) is 0 Å². The smallest absolute Gasteiger partial charge is 0.196 e. The lowest BCUT2D eigenvalue weighted by Gasteiger charge is -2.01. The summed E-state index contributed by atoms with van der Waals surface area (Å²) in [5.74, 6) is 1.66. The van der Waals surface area contributed by atoms with Crippen LogP contribution in [0.1, 0.15) is 18.7 Å². The first-order valence-corrected chi connectivity index (χ1v) is 7.56. The number of nitrogens with zero attached hydrogens (tertiary/aromatic N) is 1. The predicted octanol–water partition coefficient (Wildman–Crippen LogP) is 3.79. The van der Waals surface area contributed by atoms with E-state index < -0.39 is 0 Å². The lowest BCUT2D eigenvalue weighted by atomic mass is 10.1. The Bertz CT molecular complexity index is 759. The molecule has 0 saturated heterocycles. The van der Waals surface area contributed by atoms with Crippen LogP contribution in [0.15, 0.2) is 53.1 Å². The van der Waals surface area contributed by atoms with Gasteiger partial charge in [-0.05, 0) is 29.7 Å². The van der Waals surface area contributed by atoms with Crippen molar-refractivity contribution in [1.82, 2.24) is 10.3 Å². The first-order valence-electron chi connectivity index (χ1n) is 7.56. The number of nitrogens with one attached hydrogen (secondary N) is 1. The molecule has 0 spiro atoms. The number of aromatic nitrogens is 1. The first kappa shape index (κ1) is 12.6. The summed E-state index contributed by atoms with van der Waals surface area (Å²) in [7, 11) is 0. The maximum Gasteiger partial charge on any atom is 0.196 e. The van der Waals surface area contributed by atoms with Crippen LogP contribution in [0.4, 0.5) is 0 Å². The van der Waals surface area contributed by atoms with Crippen molar-refractivity contribution in [1.29, 1.82) is 0 Å². The Hall–Kier alpha value is -2.13. The summed E-state index contributed by atoms with van der Waals surface area (Å²) in [4.78, 5) is 4.38. The molecule has 0 atom stereocenters. The van der Waals surface area contributed by atoms with Gasteiger partial charge in [-0.1, -0.05) is 36.4 Å². The van der Waals surface area contributed by atoms with Gasteiger partial charge in [0.15, 0.2) is 11.7 Å². The van der Waals surface area contributed by atoms with Crippen molar-refractivity contribution in [2.75, 3.05) is 6.54 Å². The quantitative estimate of drug-likeness (QED) is 0.771. The van der Waals surface area contributed by atoms with Gasteiger partial charge in [0.25, 0.3) is 0 Å². The summed E-state index contributed by atoms with van der Waals surface area (Å²) in [5, 5.41) is 5.95. The van der Waals surface area contributed by atoms with Crippen LogP contribution in [-0.4, -0.2) is 17.6 Å². The summed E-state index contributed by atoms with van der Waals surface area (Å²) >= 11 is 0. The van der Waals surface area contributed by atoms with Gasteiger partial charge in [0.2, 0.25) is 0 Å². The van der Waals surface area contributed by atoms with Gasteiger partial charge in [0.1, 0.15) is 0 Å². The zero-order valence-corrected chi connectivity index (χ0v) is 11.9. The molecule has 0 radical (unpaired) electrons. The maximum atomic E-state index is 5.87. The molecule has 0 bridgehead atoms. The second kappa shape index (κ2) is 5.34. The van der Waals surface area contributed by atoms with Gasteiger partial charge in [-0.2, -0.15) is 0 Å². The second-order valence-corrected chi connectivity index (χ2v) is 5.66. The SMILES string of the molecule is c1ccc2cc(-c3cnc(CCNC4CC4)o3)ccc2c1. The minimum Gasteiger partial charge on any atom is -0.441 e. The molecule has 3 aromatic rings. The average molecular weight is 278 g/mol. The van der Waals surface area contributed by atoms with Crippen molar-refractivity contribution in [3.05, 3.63) is 54.6 Å². The highest BCUT2D eigenvalue weighted by Crippen LogP contribution is 2.25. The van der Waals surface area contributed by atoms with Gasteiger partial charge in [-0.3, -0.25) is 0 Å². The van der Waals surface area contributed by atoms with E-state index in [0.29, 0.717) is 0 Å². The Kier molecular flexibility index (Phi) is 3.20. The predicted molar refractivity (Wildman–Crippen MR) is 84.2 cm³/mol. The molecule has 0 amide bonds. The molecule has 4 rings (SSSR count). The fourth-order valence-corrected chi connectivity index (χ4v) is 2.57. The molecule has 3 nitrogen and oxygen atoms in total. The zero-order valence-electron chi connectivity index (χ0n) is 11.9. The molecule has 0 aliphatic heterocycles. The Morgan fingerprint density at radius 3 is 2.81 bits per heavy atom. The maximum absolute atomic E-state index is 5.87. The van der Waals surface area contributed by atoms with Crippen molar-refractivity contribution in [3.8, 4) is 11.3 Å². The van der Waals surface area contributed by atoms with Gasteiger partial charge < -0.3 is 9.73 Å². The highest BCUT2D eigenvalue weighted by atomic mass is 16.4. The van der Waals surface area contributed by atoms with E-state index in [4.69, 9.17) is 4.42 Å². The zero-order chi connectivity index (χ0) is 14.1. The van der Waals surface area contributed by atoms with E-state index in [9.17, 15) is 0 Å². The lowest BCUT2D eigenvalue weighted by Crippen LogP contribution is -2.19. The van der Waals surface area contributed by atoms with Crippen molar-refractivity contribution >= 4 is 10.8 Å². The standard InChI is InChI=1S/C18H18N2O/c1-2-4-14-11-15(6-5-13(14)3-1)17-12-20-18(21-17)9-10-19-16-7-8-16/h1-6,11-12,16,19H,7-10H2. The molecule has 1 N–H and O–H groups in total. The van der Waals surface area contributed by atoms with Crippen molar-refractivity contribution in [2.45, 2.75) is 25.3 Å². The molecule has 106 valence electrons. The number of oxazole rings is 1. The largest absolute Gasteiger partial charge is 0.441 e. The van der Waals surface area contributed by atoms with Crippen LogP contribution in [0.2, 0.25) is 0 Å². The van der Waals surface area contributed by atoms with Crippen LogP contribution in [-0.2, 0) is 6.42 Å². The Morgan fingerprint density at radius 2 is 1.95 bits per heavy atom. The molecule has 2 aromatic carbocycles. The van der Waals surface area contributed by atoms with Crippen molar-refractivity contribution in [2.24, 2.45) is 0 Å². The Balaban J connectivity index is 1.52. The molecule has 1 aliphatic rings. The minimum atomic E-state index is 0.736. The molecule has 1 fully saturated rings. The van der Waals surface area contributed by atoms with E-state index in [1.165, 1.54) is 23.6 Å². The van der Waals surface area contributed by atoms with Gasteiger partial charge in [-0.15, -0.1) is 0 Å². The number of hydrogen-bond acceptors (Lipinski definition) is 3.